The van der Waals surface area contributed by atoms with Gasteiger partial charge in [0.2, 0.25) is 0 Å². The first-order valence-electron chi connectivity index (χ1n) is 9.20. The molecule has 0 fully saturated rings. The number of urea groups is 1. The summed E-state index contributed by atoms with van der Waals surface area (Å²) in [5.74, 6) is -0.445. The number of ether oxygens (including phenoxy) is 1. The molecule has 1 heterocycles. The molecule has 3 rings (SSSR count). The van der Waals surface area contributed by atoms with Gasteiger partial charge in [0.1, 0.15) is 6.61 Å². The van der Waals surface area contributed by atoms with Gasteiger partial charge < -0.3 is 15.4 Å². The van der Waals surface area contributed by atoms with Crippen LogP contribution in [0.1, 0.15) is 37.9 Å². The zero-order valence-electron chi connectivity index (χ0n) is 16.2. The summed E-state index contributed by atoms with van der Waals surface area (Å²) in [6.07, 6.45) is 0. The first-order chi connectivity index (χ1) is 13.4. The SMILES string of the molecule is CC1=C(C(=O)OCc2ccccc2)C(c2ccc(SC(C)C)cc2)NC(=O)N1. The predicted octanol–water partition coefficient (Wildman–Crippen LogP) is 4.56. The van der Waals surface area contributed by atoms with Gasteiger partial charge in [0.05, 0.1) is 11.6 Å². The number of esters is 1. The molecule has 0 saturated carbocycles. The van der Waals surface area contributed by atoms with E-state index in [1.165, 1.54) is 0 Å². The molecule has 1 aliphatic heterocycles. The van der Waals surface area contributed by atoms with E-state index in [4.69, 9.17) is 4.74 Å². The zero-order valence-corrected chi connectivity index (χ0v) is 17.0. The third kappa shape index (κ3) is 4.95. The van der Waals surface area contributed by atoms with Gasteiger partial charge in [0, 0.05) is 15.8 Å². The molecular weight excluding hydrogens is 372 g/mol. The second kappa shape index (κ2) is 8.97. The van der Waals surface area contributed by atoms with Crippen molar-refractivity contribution in [1.82, 2.24) is 10.6 Å². The number of carbonyl (C=O) groups is 2. The molecule has 6 heteroatoms. The van der Waals surface area contributed by atoms with E-state index in [0.29, 0.717) is 16.5 Å². The minimum absolute atomic E-state index is 0.182. The van der Waals surface area contributed by atoms with Crippen LogP contribution in [0, 0.1) is 0 Å². The Morgan fingerprint density at radius 3 is 2.43 bits per heavy atom. The Morgan fingerprint density at radius 2 is 1.79 bits per heavy atom. The molecule has 0 saturated heterocycles. The number of benzene rings is 2. The van der Waals surface area contributed by atoms with E-state index in [1.807, 2.05) is 54.6 Å². The van der Waals surface area contributed by atoms with Crippen LogP contribution < -0.4 is 10.6 Å². The highest BCUT2D eigenvalue weighted by Gasteiger charge is 2.32. The molecule has 0 spiro atoms. The Bertz CT molecular complexity index is 876. The molecule has 0 aromatic heterocycles. The average Bonchev–Trinajstić information content (AvgIpc) is 2.66. The number of nitrogens with one attached hydrogen (secondary N) is 2. The maximum Gasteiger partial charge on any atom is 0.338 e. The number of rotatable bonds is 6. The number of amides is 2. The Balaban J connectivity index is 1.81. The van der Waals surface area contributed by atoms with E-state index in [2.05, 4.69) is 24.5 Å². The monoisotopic (exact) mass is 396 g/mol. The van der Waals surface area contributed by atoms with Crippen molar-refractivity contribution in [1.29, 1.82) is 0 Å². The lowest BCUT2D eigenvalue weighted by molar-refractivity contribution is -0.140. The minimum atomic E-state index is -0.546. The van der Waals surface area contributed by atoms with Crippen LogP contribution in [0.3, 0.4) is 0 Å². The quantitative estimate of drug-likeness (QED) is 0.555. The van der Waals surface area contributed by atoms with Crippen LogP contribution in [0.25, 0.3) is 0 Å². The number of thioether (sulfide) groups is 1. The largest absolute Gasteiger partial charge is 0.457 e. The summed E-state index contributed by atoms with van der Waals surface area (Å²) in [5.41, 5.74) is 2.68. The zero-order chi connectivity index (χ0) is 20.1. The highest BCUT2D eigenvalue weighted by Crippen LogP contribution is 2.30. The standard InChI is InChI=1S/C22H24N2O3S/c1-14(2)28-18-11-9-17(10-12-18)20-19(15(3)23-22(26)24-20)21(25)27-13-16-7-5-4-6-8-16/h4-12,14,20H,13H2,1-3H3,(H2,23,24,26). The van der Waals surface area contributed by atoms with Gasteiger partial charge in [-0.3, -0.25) is 0 Å². The third-order valence-electron chi connectivity index (χ3n) is 4.29. The number of hydrogen-bond donors (Lipinski definition) is 2. The van der Waals surface area contributed by atoms with Gasteiger partial charge >= 0.3 is 12.0 Å². The summed E-state index contributed by atoms with van der Waals surface area (Å²) in [4.78, 5) is 26.0. The Labute approximate surface area is 169 Å². The molecule has 146 valence electrons. The first-order valence-corrected chi connectivity index (χ1v) is 10.1. The van der Waals surface area contributed by atoms with E-state index < -0.39 is 12.0 Å². The first kappa shape index (κ1) is 20.0. The molecule has 2 aromatic rings. The van der Waals surface area contributed by atoms with Gasteiger partial charge in [-0.05, 0) is 30.2 Å². The van der Waals surface area contributed by atoms with E-state index in [9.17, 15) is 9.59 Å². The highest BCUT2D eigenvalue weighted by molar-refractivity contribution is 7.99. The lowest BCUT2D eigenvalue weighted by Crippen LogP contribution is -2.45. The van der Waals surface area contributed by atoms with Crippen LogP contribution in [0.4, 0.5) is 4.79 Å². The van der Waals surface area contributed by atoms with Crippen molar-refractivity contribution in [3.63, 3.8) is 0 Å². The lowest BCUT2D eigenvalue weighted by Gasteiger charge is -2.28. The van der Waals surface area contributed by atoms with Crippen molar-refractivity contribution in [2.75, 3.05) is 0 Å². The molecule has 2 amide bonds. The van der Waals surface area contributed by atoms with Gasteiger partial charge in [-0.2, -0.15) is 0 Å². The molecule has 2 N–H and O–H groups in total. The molecule has 2 aromatic carbocycles. The van der Waals surface area contributed by atoms with Gasteiger partial charge in [0.15, 0.2) is 0 Å². The van der Waals surface area contributed by atoms with Gasteiger partial charge in [0.25, 0.3) is 0 Å². The molecular formula is C22H24N2O3S. The van der Waals surface area contributed by atoms with Crippen molar-refractivity contribution in [3.05, 3.63) is 77.0 Å². The van der Waals surface area contributed by atoms with E-state index in [-0.39, 0.29) is 12.6 Å². The predicted molar refractivity (Wildman–Crippen MR) is 111 cm³/mol. The molecule has 1 unspecified atom stereocenters. The van der Waals surface area contributed by atoms with Crippen LogP contribution in [0.15, 0.2) is 70.8 Å². The number of carbonyl (C=O) groups excluding carboxylic acids is 2. The normalized spacial score (nSPS) is 16.6. The second-order valence-corrected chi connectivity index (χ2v) is 8.52. The molecule has 5 nitrogen and oxygen atoms in total. The van der Waals surface area contributed by atoms with E-state index in [0.717, 1.165) is 16.0 Å². The highest BCUT2D eigenvalue weighted by atomic mass is 32.2. The average molecular weight is 397 g/mol. The third-order valence-corrected chi connectivity index (χ3v) is 5.30. The van der Waals surface area contributed by atoms with Crippen LogP contribution >= 0.6 is 11.8 Å². The maximum absolute atomic E-state index is 12.8. The molecule has 1 aliphatic rings. The Morgan fingerprint density at radius 1 is 1.11 bits per heavy atom. The van der Waals surface area contributed by atoms with E-state index >= 15 is 0 Å². The fraction of sp³-hybridized carbons (Fsp3) is 0.273. The van der Waals surface area contributed by atoms with Crippen molar-refractivity contribution >= 4 is 23.8 Å². The molecule has 0 bridgehead atoms. The van der Waals surface area contributed by atoms with Crippen LogP contribution in [0.2, 0.25) is 0 Å². The summed E-state index contributed by atoms with van der Waals surface area (Å²) in [6, 6.07) is 16.5. The summed E-state index contributed by atoms with van der Waals surface area (Å²) in [6.45, 7) is 6.17. The summed E-state index contributed by atoms with van der Waals surface area (Å²) >= 11 is 1.76. The fourth-order valence-corrected chi connectivity index (χ4v) is 3.86. The Kier molecular flexibility index (Phi) is 6.41. The Hall–Kier alpha value is -2.73. The molecule has 0 aliphatic carbocycles. The fourth-order valence-electron chi connectivity index (χ4n) is 3.03. The topological polar surface area (TPSA) is 67.4 Å². The second-order valence-electron chi connectivity index (χ2n) is 6.87. The molecule has 1 atom stereocenters. The molecule has 0 radical (unpaired) electrons. The van der Waals surface area contributed by atoms with Crippen molar-refractivity contribution in [2.45, 2.75) is 43.6 Å². The van der Waals surface area contributed by atoms with Crippen LogP contribution in [0.5, 0.6) is 0 Å². The maximum atomic E-state index is 12.8. The van der Waals surface area contributed by atoms with Crippen LogP contribution in [-0.4, -0.2) is 17.3 Å². The smallest absolute Gasteiger partial charge is 0.338 e. The van der Waals surface area contributed by atoms with Gasteiger partial charge in [-0.25, -0.2) is 9.59 Å². The molecule has 28 heavy (non-hydrogen) atoms. The van der Waals surface area contributed by atoms with Gasteiger partial charge in [-0.1, -0.05) is 56.3 Å². The van der Waals surface area contributed by atoms with E-state index in [1.54, 1.807) is 18.7 Å². The van der Waals surface area contributed by atoms with Crippen molar-refractivity contribution in [2.24, 2.45) is 0 Å². The van der Waals surface area contributed by atoms with Crippen LogP contribution in [-0.2, 0) is 16.1 Å². The summed E-state index contributed by atoms with van der Waals surface area (Å²) in [5, 5.41) is 5.99. The number of hydrogen-bond acceptors (Lipinski definition) is 4. The van der Waals surface area contributed by atoms with Gasteiger partial charge in [-0.15, -0.1) is 11.8 Å². The lowest BCUT2D eigenvalue weighted by atomic mass is 9.95. The summed E-state index contributed by atoms with van der Waals surface area (Å²) < 4.78 is 5.51. The van der Waals surface area contributed by atoms with Crippen molar-refractivity contribution in [3.8, 4) is 0 Å². The van der Waals surface area contributed by atoms with Crippen molar-refractivity contribution < 1.29 is 14.3 Å². The number of allylic oxidation sites excluding steroid dienone is 1. The minimum Gasteiger partial charge on any atom is -0.457 e. The summed E-state index contributed by atoms with van der Waals surface area (Å²) in [7, 11) is 0.